The van der Waals surface area contributed by atoms with Gasteiger partial charge in [0, 0.05) is 51.0 Å². The molecule has 1 saturated heterocycles. The van der Waals surface area contributed by atoms with Crippen LogP contribution >= 0.6 is 0 Å². The number of benzene rings is 2. The Morgan fingerprint density at radius 1 is 1.00 bits per heavy atom. The number of rotatable bonds is 4. The van der Waals surface area contributed by atoms with Crippen LogP contribution in [0.15, 0.2) is 54.6 Å². The van der Waals surface area contributed by atoms with Crippen LogP contribution in [0.25, 0.3) is 0 Å². The fourth-order valence-corrected chi connectivity index (χ4v) is 4.44. The molecule has 2 aromatic rings. The van der Waals surface area contributed by atoms with E-state index in [9.17, 15) is 0 Å². The smallest absolute Gasteiger partial charge is 0.0461 e. The van der Waals surface area contributed by atoms with Crippen molar-refractivity contribution in [2.45, 2.75) is 24.8 Å². The minimum atomic E-state index is 0.219. The summed E-state index contributed by atoms with van der Waals surface area (Å²) in [5, 5.41) is 3.86. The molecule has 3 nitrogen and oxygen atoms in total. The average molecular weight is 335 g/mol. The maximum atomic E-state index is 3.86. The second-order valence-corrected chi connectivity index (χ2v) is 7.51. The number of fused-ring (bicyclic) bond motifs is 2. The van der Waals surface area contributed by atoms with E-state index >= 15 is 0 Å². The summed E-state index contributed by atoms with van der Waals surface area (Å²) in [6, 6.07) is 19.7. The zero-order chi connectivity index (χ0) is 17.1. The van der Waals surface area contributed by atoms with E-state index in [1.165, 1.54) is 38.0 Å². The monoisotopic (exact) mass is 335 g/mol. The number of nitrogens with one attached hydrogen (secondary N) is 1. The molecule has 2 aliphatic rings. The summed E-state index contributed by atoms with van der Waals surface area (Å²) in [6.07, 6.45) is 3.61. The van der Waals surface area contributed by atoms with Gasteiger partial charge < -0.3 is 15.1 Å². The Balaban J connectivity index is 1.35. The molecular formula is C22H29N3. The second kappa shape index (κ2) is 7.19. The highest BCUT2D eigenvalue weighted by atomic mass is 15.2. The molecule has 0 bridgehead atoms. The number of para-hydroxylation sites is 1. The van der Waals surface area contributed by atoms with E-state index in [4.69, 9.17) is 0 Å². The van der Waals surface area contributed by atoms with Crippen molar-refractivity contribution in [3.8, 4) is 0 Å². The fourth-order valence-electron chi connectivity index (χ4n) is 4.44. The van der Waals surface area contributed by atoms with Gasteiger partial charge in [0.1, 0.15) is 0 Å². The van der Waals surface area contributed by atoms with E-state index in [1.54, 1.807) is 11.1 Å². The summed E-state index contributed by atoms with van der Waals surface area (Å²) in [5.41, 5.74) is 4.64. The zero-order valence-electron chi connectivity index (χ0n) is 15.2. The molecule has 0 aliphatic carbocycles. The maximum Gasteiger partial charge on any atom is 0.0461 e. The first-order chi connectivity index (χ1) is 12.3. The van der Waals surface area contributed by atoms with Crippen LogP contribution in [-0.4, -0.2) is 44.7 Å². The van der Waals surface area contributed by atoms with Gasteiger partial charge in [-0.05, 0) is 42.5 Å². The van der Waals surface area contributed by atoms with Crippen molar-refractivity contribution in [2.75, 3.05) is 44.7 Å². The standard InChI is InChI=1S/C22H29N3/c1-24(20-8-3-2-4-9-20)17-18-25-15-12-22(13-16-25)21-10-6-5-7-19(21)11-14-23-22/h2-10,23H,11-18H2,1H3. The Bertz CT molecular complexity index is 689. The topological polar surface area (TPSA) is 18.5 Å². The van der Waals surface area contributed by atoms with Crippen LogP contribution in [0.5, 0.6) is 0 Å². The lowest BCUT2D eigenvalue weighted by molar-refractivity contribution is 0.131. The van der Waals surface area contributed by atoms with Crippen LogP contribution in [0, 0.1) is 0 Å². The predicted octanol–water partition coefficient (Wildman–Crippen LogP) is 3.26. The first-order valence-electron chi connectivity index (χ1n) is 9.59. The Morgan fingerprint density at radius 3 is 2.52 bits per heavy atom. The van der Waals surface area contributed by atoms with Crippen LogP contribution in [-0.2, 0) is 12.0 Å². The molecule has 0 aromatic heterocycles. The van der Waals surface area contributed by atoms with Gasteiger partial charge in [0.25, 0.3) is 0 Å². The normalized spacial score (nSPS) is 19.6. The summed E-state index contributed by atoms with van der Waals surface area (Å²) < 4.78 is 0. The lowest BCUT2D eigenvalue weighted by atomic mass is 9.76. The van der Waals surface area contributed by atoms with Crippen molar-refractivity contribution in [3.63, 3.8) is 0 Å². The van der Waals surface area contributed by atoms with Crippen molar-refractivity contribution in [1.82, 2.24) is 10.2 Å². The molecule has 2 aromatic carbocycles. The van der Waals surface area contributed by atoms with Crippen LogP contribution in [0.2, 0.25) is 0 Å². The molecule has 25 heavy (non-hydrogen) atoms. The van der Waals surface area contributed by atoms with Gasteiger partial charge in [0.2, 0.25) is 0 Å². The molecule has 0 saturated carbocycles. The summed E-state index contributed by atoms with van der Waals surface area (Å²) in [7, 11) is 2.19. The molecule has 2 aliphatic heterocycles. The molecule has 1 spiro atoms. The van der Waals surface area contributed by atoms with E-state index < -0.39 is 0 Å². The molecule has 4 rings (SSSR count). The lowest BCUT2D eigenvalue weighted by Crippen LogP contribution is -2.54. The lowest BCUT2D eigenvalue weighted by Gasteiger charge is -2.46. The van der Waals surface area contributed by atoms with Crippen molar-refractivity contribution >= 4 is 5.69 Å². The van der Waals surface area contributed by atoms with Crippen LogP contribution in [0.3, 0.4) is 0 Å². The molecule has 132 valence electrons. The molecule has 0 atom stereocenters. The third-order valence-electron chi connectivity index (χ3n) is 6.05. The second-order valence-electron chi connectivity index (χ2n) is 7.51. The summed E-state index contributed by atoms with van der Waals surface area (Å²) >= 11 is 0. The minimum absolute atomic E-state index is 0.219. The Morgan fingerprint density at radius 2 is 1.72 bits per heavy atom. The van der Waals surface area contributed by atoms with Crippen molar-refractivity contribution in [1.29, 1.82) is 0 Å². The number of likely N-dealkylation sites (N-methyl/N-ethyl adjacent to an activating group) is 1. The molecule has 1 N–H and O–H groups in total. The van der Waals surface area contributed by atoms with Gasteiger partial charge in [-0.15, -0.1) is 0 Å². The minimum Gasteiger partial charge on any atom is -0.373 e. The summed E-state index contributed by atoms with van der Waals surface area (Å²) in [5.74, 6) is 0. The highest BCUT2D eigenvalue weighted by Crippen LogP contribution is 2.37. The van der Waals surface area contributed by atoms with E-state index in [-0.39, 0.29) is 5.54 Å². The maximum absolute atomic E-state index is 3.86. The zero-order valence-corrected chi connectivity index (χ0v) is 15.2. The average Bonchev–Trinajstić information content (AvgIpc) is 2.68. The first kappa shape index (κ1) is 16.6. The largest absolute Gasteiger partial charge is 0.373 e. The van der Waals surface area contributed by atoms with E-state index in [1.807, 2.05) is 0 Å². The number of nitrogens with zero attached hydrogens (tertiary/aromatic N) is 2. The van der Waals surface area contributed by atoms with Crippen molar-refractivity contribution < 1.29 is 0 Å². The number of hydrogen-bond acceptors (Lipinski definition) is 3. The quantitative estimate of drug-likeness (QED) is 0.925. The van der Waals surface area contributed by atoms with Gasteiger partial charge in [-0.3, -0.25) is 0 Å². The van der Waals surface area contributed by atoms with Gasteiger partial charge in [-0.2, -0.15) is 0 Å². The Kier molecular flexibility index (Phi) is 4.78. The van der Waals surface area contributed by atoms with Gasteiger partial charge in [-0.25, -0.2) is 0 Å². The third kappa shape index (κ3) is 3.44. The molecular weight excluding hydrogens is 306 g/mol. The van der Waals surface area contributed by atoms with E-state index in [0.717, 1.165) is 19.6 Å². The third-order valence-corrected chi connectivity index (χ3v) is 6.05. The van der Waals surface area contributed by atoms with Crippen LogP contribution < -0.4 is 10.2 Å². The van der Waals surface area contributed by atoms with Gasteiger partial charge >= 0.3 is 0 Å². The molecule has 0 amide bonds. The Labute approximate surface area is 151 Å². The van der Waals surface area contributed by atoms with Gasteiger partial charge in [0.05, 0.1) is 0 Å². The van der Waals surface area contributed by atoms with Crippen molar-refractivity contribution in [2.24, 2.45) is 0 Å². The van der Waals surface area contributed by atoms with Gasteiger partial charge in [0.15, 0.2) is 0 Å². The molecule has 2 heterocycles. The number of anilines is 1. The van der Waals surface area contributed by atoms with Crippen molar-refractivity contribution in [3.05, 3.63) is 65.7 Å². The molecule has 3 heteroatoms. The van der Waals surface area contributed by atoms with Gasteiger partial charge in [-0.1, -0.05) is 42.5 Å². The summed E-state index contributed by atoms with van der Waals surface area (Å²) in [6.45, 7) is 5.71. The van der Waals surface area contributed by atoms with Crippen LogP contribution in [0.4, 0.5) is 5.69 Å². The highest BCUT2D eigenvalue weighted by molar-refractivity contribution is 5.45. The molecule has 1 fully saturated rings. The van der Waals surface area contributed by atoms with E-state index in [2.05, 4.69) is 76.8 Å². The first-order valence-corrected chi connectivity index (χ1v) is 9.59. The summed E-state index contributed by atoms with van der Waals surface area (Å²) in [4.78, 5) is 4.99. The fraction of sp³-hybridized carbons (Fsp3) is 0.455. The molecule has 0 radical (unpaired) electrons. The number of hydrogen-bond donors (Lipinski definition) is 1. The number of piperidine rings is 1. The highest BCUT2D eigenvalue weighted by Gasteiger charge is 2.38. The molecule has 0 unspecified atom stereocenters. The number of likely N-dealkylation sites (tertiary alicyclic amines) is 1. The van der Waals surface area contributed by atoms with E-state index in [0.29, 0.717) is 0 Å². The SMILES string of the molecule is CN(CCN1CCC2(CC1)NCCc1ccccc12)c1ccccc1. The predicted molar refractivity (Wildman–Crippen MR) is 105 cm³/mol. The van der Waals surface area contributed by atoms with Crippen LogP contribution in [0.1, 0.15) is 24.0 Å². The Hall–Kier alpha value is -1.84.